The number of rotatable bonds is 6. The van der Waals surface area contributed by atoms with Crippen molar-refractivity contribution in [2.45, 2.75) is 39.7 Å². The number of piperidine rings is 1. The van der Waals surface area contributed by atoms with Crippen LogP contribution in [-0.4, -0.2) is 41.0 Å². The lowest BCUT2D eigenvalue weighted by Gasteiger charge is -2.30. The lowest BCUT2D eigenvalue weighted by molar-refractivity contribution is -0.143. The van der Waals surface area contributed by atoms with Crippen LogP contribution in [0.3, 0.4) is 0 Å². The summed E-state index contributed by atoms with van der Waals surface area (Å²) < 4.78 is 0. The third-order valence-electron chi connectivity index (χ3n) is 4.31. The highest BCUT2D eigenvalue weighted by Gasteiger charge is 2.27. The molecule has 7 heteroatoms. The van der Waals surface area contributed by atoms with Gasteiger partial charge in [-0.1, -0.05) is 26.0 Å². The molecule has 3 amide bonds. The van der Waals surface area contributed by atoms with Gasteiger partial charge in [-0.05, 0) is 36.5 Å². The smallest absolute Gasteiger partial charge is 0.317 e. The van der Waals surface area contributed by atoms with Gasteiger partial charge in [0.15, 0.2) is 0 Å². The molecule has 3 N–H and O–H groups in total. The number of hydrogen-bond donors (Lipinski definition) is 3. The minimum atomic E-state index is -0.854. The number of anilines is 1. The van der Waals surface area contributed by atoms with Gasteiger partial charge in [-0.15, -0.1) is 0 Å². The first-order valence-corrected chi connectivity index (χ1v) is 8.99. The molecule has 1 heterocycles. The highest BCUT2D eigenvalue weighted by atomic mass is 16.4. The molecule has 2 rings (SSSR count). The molecule has 0 spiro atoms. The Kier molecular flexibility index (Phi) is 7.00. The predicted octanol–water partition coefficient (Wildman–Crippen LogP) is 2.68. The van der Waals surface area contributed by atoms with Gasteiger partial charge >= 0.3 is 12.0 Å². The molecule has 1 aromatic carbocycles. The summed E-state index contributed by atoms with van der Waals surface area (Å²) in [4.78, 5) is 36.8. The first kappa shape index (κ1) is 19.8. The van der Waals surface area contributed by atoms with E-state index in [0.717, 1.165) is 5.56 Å². The number of carboxylic acids is 1. The Morgan fingerprint density at radius 2 is 2.08 bits per heavy atom. The van der Waals surface area contributed by atoms with Crippen LogP contribution in [-0.2, 0) is 16.1 Å². The fourth-order valence-corrected chi connectivity index (χ4v) is 2.99. The lowest BCUT2D eigenvalue weighted by atomic mass is 9.99. The van der Waals surface area contributed by atoms with E-state index in [9.17, 15) is 14.4 Å². The number of nitrogens with zero attached hydrogens (tertiary/aromatic N) is 1. The minimum Gasteiger partial charge on any atom is -0.481 e. The van der Waals surface area contributed by atoms with Gasteiger partial charge in [-0.3, -0.25) is 9.59 Å². The monoisotopic (exact) mass is 361 g/mol. The van der Waals surface area contributed by atoms with Crippen molar-refractivity contribution >= 4 is 23.6 Å². The number of benzene rings is 1. The number of hydrogen-bond acceptors (Lipinski definition) is 3. The van der Waals surface area contributed by atoms with E-state index >= 15 is 0 Å². The number of carbonyl (C=O) groups excluding carboxylic acids is 2. The van der Waals surface area contributed by atoms with Crippen molar-refractivity contribution in [2.24, 2.45) is 11.8 Å². The number of carbonyl (C=O) groups is 3. The third-order valence-corrected chi connectivity index (χ3v) is 4.31. The second kappa shape index (κ2) is 9.22. The van der Waals surface area contributed by atoms with E-state index in [0.29, 0.717) is 38.0 Å². The molecule has 0 saturated carbocycles. The van der Waals surface area contributed by atoms with Gasteiger partial charge in [0.25, 0.3) is 0 Å². The van der Waals surface area contributed by atoms with E-state index in [2.05, 4.69) is 10.6 Å². The molecule has 1 fully saturated rings. The number of carboxylic acid groups (broad SMARTS) is 1. The van der Waals surface area contributed by atoms with Crippen molar-refractivity contribution < 1.29 is 19.5 Å². The van der Waals surface area contributed by atoms with E-state index in [1.165, 1.54) is 0 Å². The Morgan fingerprint density at radius 1 is 1.31 bits per heavy atom. The van der Waals surface area contributed by atoms with Crippen LogP contribution in [0.2, 0.25) is 0 Å². The molecule has 26 heavy (non-hydrogen) atoms. The number of urea groups is 1. The first-order valence-electron chi connectivity index (χ1n) is 8.99. The van der Waals surface area contributed by atoms with Crippen LogP contribution in [0.15, 0.2) is 24.3 Å². The Hall–Kier alpha value is -2.57. The average Bonchev–Trinajstić information content (AvgIpc) is 2.59. The van der Waals surface area contributed by atoms with E-state index in [1.807, 2.05) is 38.1 Å². The maximum atomic E-state index is 12.3. The Morgan fingerprint density at radius 3 is 2.77 bits per heavy atom. The summed E-state index contributed by atoms with van der Waals surface area (Å²) in [7, 11) is 0. The van der Waals surface area contributed by atoms with E-state index < -0.39 is 11.9 Å². The van der Waals surface area contributed by atoms with E-state index in [4.69, 9.17) is 5.11 Å². The van der Waals surface area contributed by atoms with Gasteiger partial charge in [0.2, 0.25) is 5.91 Å². The molecular formula is C19H27N3O4. The normalized spacial score (nSPS) is 17.0. The van der Waals surface area contributed by atoms with Crippen LogP contribution in [0, 0.1) is 11.8 Å². The van der Waals surface area contributed by atoms with Crippen molar-refractivity contribution in [3.8, 4) is 0 Å². The number of nitrogens with one attached hydrogen (secondary N) is 2. The zero-order valence-electron chi connectivity index (χ0n) is 15.3. The van der Waals surface area contributed by atoms with Crippen molar-refractivity contribution in [1.82, 2.24) is 10.2 Å². The predicted molar refractivity (Wildman–Crippen MR) is 98.7 cm³/mol. The van der Waals surface area contributed by atoms with Crippen LogP contribution in [0.25, 0.3) is 0 Å². The third kappa shape index (κ3) is 6.06. The molecule has 0 aliphatic carbocycles. The van der Waals surface area contributed by atoms with Gasteiger partial charge in [0.1, 0.15) is 0 Å². The summed E-state index contributed by atoms with van der Waals surface area (Å²) in [6.45, 7) is 5.11. The average molecular weight is 361 g/mol. The fraction of sp³-hybridized carbons (Fsp3) is 0.526. The van der Waals surface area contributed by atoms with Gasteiger partial charge in [-0.25, -0.2) is 4.79 Å². The van der Waals surface area contributed by atoms with Crippen molar-refractivity contribution in [2.75, 3.05) is 18.4 Å². The summed E-state index contributed by atoms with van der Waals surface area (Å²) in [6, 6.07) is 7.08. The molecule has 7 nitrogen and oxygen atoms in total. The second-order valence-corrected chi connectivity index (χ2v) is 7.13. The summed E-state index contributed by atoms with van der Waals surface area (Å²) in [5.41, 5.74) is 1.57. The topological polar surface area (TPSA) is 98.7 Å². The van der Waals surface area contributed by atoms with Crippen LogP contribution < -0.4 is 10.6 Å². The van der Waals surface area contributed by atoms with Crippen LogP contribution in [0.4, 0.5) is 10.5 Å². The molecule has 1 atom stereocenters. The maximum absolute atomic E-state index is 12.3. The molecule has 1 aliphatic rings. The van der Waals surface area contributed by atoms with Crippen molar-refractivity contribution in [3.05, 3.63) is 29.8 Å². The quantitative estimate of drug-likeness (QED) is 0.725. The number of aliphatic carboxylic acids is 1. The van der Waals surface area contributed by atoms with Crippen molar-refractivity contribution in [3.63, 3.8) is 0 Å². The number of likely N-dealkylation sites (tertiary alicyclic amines) is 1. The Balaban J connectivity index is 1.87. The highest BCUT2D eigenvalue weighted by molar-refractivity contribution is 5.90. The molecule has 0 bridgehead atoms. The van der Waals surface area contributed by atoms with Crippen LogP contribution in [0.1, 0.15) is 38.7 Å². The van der Waals surface area contributed by atoms with Crippen molar-refractivity contribution in [1.29, 1.82) is 0 Å². The summed E-state index contributed by atoms with van der Waals surface area (Å²) in [6.07, 6.45) is 1.76. The van der Waals surface area contributed by atoms with Gasteiger partial charge in [0, 0.05) is 31.7 Å². The zero-order valence-corrected chi connectivity index (χ0v) is 15.3. The fourth-order valence-electron chi connectivity index (χ4n) is 2.99. The van der Waals surface area contributed by atoms with Gasteiger partial charge in [0.05, 0.1) is 5.92 Å². The molecule has 1 aromatic rings. The van der Waals surface area contributed by atoms with Crippen LogP contribution in [0.5, 0.6) is 0 Å². The second-order valence-electron chi connectivity index (χ2n) is 7.13. The maximum Gasteiger partial charge on any atom is 0.317 e. The standard InChI is InChI=1S/C19H27N3O4/c1-13(2)9-17(23)21-16-7-3-5-14(10-16)11-20-19(26)22-8-4-6-15(12-22)18(24)25/h3,5,7,10,13,15H,4,6,8-9,11-12H2,1-2H3,(H,20,26)(H,21,23)(H,24,25)/t15-/m0/s1. The molecule has 1 saturated heterocycles. The molecule has 142 valence electrons. The molecule has 0 aromatic heterocycles. The van der Waals surface area contributed by atoms with E-state index in [-0.39, 0.29) is 24.4 Å². The van der Waals surface area contributed by atoms with Gasteiger partial charge in [-0.2, -0.15) is 0 Å². The Labute approximate surface area is 153 Å². The lowest BCUT2D eigenvalue weighted by Crippen LogP contribution is -2.46. The molecule has 0 unspecified atom stereocenters. The Bertz CT molecular complexity index is 660. The first-order chi connectivity index (χ1) is 12.3. The summed E-state index contributed by atoms with van der Waals surface area (Å²) >= 11 is 0. The molecule has 0 radical (unpaired) electrons. The summed E-state index contributed by atoms with van der Waals surface area (Å²) in [5, 5.41) is 14.8. The highest BCUT2D eigenvalue weighted by Crippen LogP contribution is 2.17. The molecular weight excluding hydrogens is 334 g/mol. The summed E-state index contributed by atoms with van der Waals surface area (Å²) in [5.74, 6) is -1.09. The molecule has 1 aliphatic heterocycles. The zero-order chi connectivity index (χ0) is 19.1. The SMILES string of the molecule is CC(C)CC(=O)Nc1cccc(CNC(=O)N2CCC[C@H](C(=O)O)C2)c1. The largest absolute Gasteiger partial charge is 0.481 e. The number of amides is 3. The van der Waals surface area contributed by atoms with Crippen LogP contribution >= 0.6 is 0 Å². The van der Waals surface area contributed by atoms with E-state index in [1.54, 1.807) is 4.90 Å². The van der Waals surface area contributed by atoms with Gasteiger partial charge < -0.3 is 20.6 Å². The minimum absolute atomic E-state index is 0.0331.